The lowest BCUT2D eigenvalue weighted by Gasteiger charge is -2.35. The van der Waals surface area contributed by atoms with Gasteiger partial charge in [-0.1, -0.05) is 12.1 Å². The van der Waals surface area contributed by atoms with Gasteiger partial charge in [-0.15, -0.1) is 6.58 Å². The SMILES string of the molecule is C=CCNC(=NC)NCC(c1ccc(OC)c(OC)c1)N1CCOCC1. The number of rotatable bonds is 8. The third-order valence-corrected chi connectivity index (χ3v) is 4.38. The van der Waals surface area contributed by atoms with Crippen molar-refractivity contribution in [3.63, 3.8) is 0 Å². The molecule has 2 rings (SSSR count). The molecule has 7 heteroatoms. The van der Waals surface area contributed by atoms with Crippen molar-refractivity contribution in [3.8, 4) is 11.5 Å². The van der Waals surface area contributed by atoms with E-state index < -0.39 is 0 Å². The molecule has 0 aromatic heterocycles. The molecule has 0 bridgehead atoms. The topological polar surface area (TPSA) is 67.4 Å². The van der Waals surface area contributed by atoms with Crippen molar-refractivity contribution in [1.29, 1.82) is 0 Å². The van der Waals surface area contributed by atoms with Gasteiger partial charge in [0, 0.05) is 33.2 Å². The van der Waals surface area contributed by atoms with Crippen LogP contribution in [0.15, 0.2) is 35.8 Å². The van der Waals surface area contributed by atoms with Gasteiger partial charge in [0.1, 0.15) is 0 Å². The van der Waals surface area contributed by atoms with Crippen LogP contribution in [-0.4, -0.2) is 71.5 Å². The van der Waals surface area contributed by atoms with Gasteiger partial charge in [-0.25, -0.2) is 0 Å². The minimum absolute atomic E-state index is 0.168. The van der Waals surface area contributed by atoms with Crippen LogP contribution >= 0.6 is 0 Å². The number of hydrogen-bond acceptors (Lipinski definition) is 5. The number of methoxy groups -OCH3 is 2. The molecule has 1 atom stereocenters. The highest BCUT2D eigenvalue weighted by atomic mass is 16.5. The minimum atomic E-state index is 0.168. The van der Waals surface area contributed by atoms with Crippen LogP contribution in [0.25, 0.3) is 0 Å². The molecule has 1 heterocycles. The van der Waals surface area contributed by atoms with Crippen LogP contribution in [-0.2, 0) is 4.74 Å². The van der Waals surface area contributed by atoms with Gasteiger partial charge >= 0.3 is 0 Å². The first kappa shape index (κ1) is 20.1. The average molecular weight is 362 g/mol. The Labute approximate surface area is 156 Å². The van der Waals surface area contributed by atoms with Crippen LogP contribution in [0.2, 0.25) is 0 Å². The number of morpholine rings is 1. The van der Waals surface area contributed by atoms with Crippen molar-refractivity contribution in [3.05, 3.63) is 36.4 Å². The summed E-state index contributed by atoms with van der Waals surface area (Å²) < 4.78 is 16.4. The molecule has 0 aliphatic carbocycles. The lowest BCUT2D eigenvalue weighted by molar-refractivity contribution is 0.0169. The average Bonchev–Trinajstić information content (AvgIpc) is 2.71. The number of nitrogens with zero attached hydrogens (tertiary/aromatic N) is 2. The minimum Gasteiger partial charge on any atom is -0.493 e. The summed E-state index contributed by atoms with van der Waals surface area (Å²) in [6.45, 7) is 8.37. The molecule has 1 aliphatic heterocycles. The first-order valence-corrected chi connectivity index (χ1v) is 8.82. The number of hydrogen-bond donors (Lipinski definition) is 2. The van der Waals surface area contributed by atoms with Crippen LogP contribution in [0.3, 0.4) is 0 Å². The fourth-order valence-corrected chi connectivity index (χ4v) is 2.99. The molecular formula is C19H30N4O3. The first-order chi connectivity index (χ1) is 12.7. The number of guanidine groups is 1. The second-order valence-electron chi connectivity index (χ2n) is 5.90. The number of benzene rings is 1. The third kappa shape index (κ3) is 5.37. The molecule has 1 aliphatic rings. The van der Waals surface area contributed by atoms with Gasteiger partial charge in [0.2, 0.25) is 0 Å². The predicted octanol–water partition coefficient (Wildman–Crippen LogP) is 1.43. The summed E-state index contributed by atoms with van der Waals surface area (Å²) in [5.74, 6) is 2.22. The quantitative estimate of drug-likeness (QED) is 0.414. The van der Waals surface area contributed by atoms with Crippen molar-refractivity contribution in [1.82, 2.24) is 15.5 Å². The Hall–Kier alpha value is -2.25. The summed E-state index contributed by atoms with van der Waals surface area (Å²) in [5.41, 5.74) is 1.16. The Morgan fingerprint density at radius 3 is 2.62 bits per heavy atom. The molecule has 0 saturated carbocycles. The highest BCUT2D eigenvalue weighted by Gasteiger charge is 2.24. The van der Waals surface area contributed by atoms with Crippen molar-refractivity contribution >= 4 is 5.96 Å². The van der Waals surface area contributed by atoms with Crippen LogP contribution in [0.4, 0.5) is 0 Å². The highest BCUT2D eigenvalue weighted by molar-refractivity contribution is 5.79. The maximum atomic E-state index is 5.51. The van der Waals surface area contributed by atoms with Gasteiger partial charge in [-0.05, 0) is 17.7 Å². The van der Waals surface area contributed by atoms with E-state index in [1.807, 2.05) is 12.1 Å². The molecular weight excluding hydrogens is 332 g/mol. The lowest BCUT2D eigenvalue weighted by Crippen LogP contribution is -2.46. The molecule has 0 amide bonds. The van der Waals surface area contributed by atoms with Crippen molar-refractivity contribution in [2.45, 2.75) is 6.04 Å². The van der Waals surface area contributed by atoms with Gasteiger partial charge in [0.25, 0.3) is 0 Å². The third-order valence-electron chi connectivity index (χ3n) is 4.38. The summed E-state index contributed by atoms with van der Waals surface area (Å²) in [5, 5.41) is 6.61. The Bertz CT molecular complexity index is 600. The number of aliphatic imine (C=N–C) groups is 1. The molecule has 0 radical (unpaired) electrons. The van der Waals surface area contributed by atoms with Crippen LogP contribution < -0.4 is 20.1 Å². The summed E-state index contributed by atoms with van der Waals surface area (Å²) in [6.07, 6.45) is 1.81. The monoisotopic (exact) mass is 362 g/mol. The summed E-state index contributed by atoms with van der Waals surface area (Å²) in [4.78, 5) is 6.67. The predicted molar refractivity (Wildman–Crippen MR) is 104 cm³/mol. The maximum absolute atomic E-state index is 5.51. The largest absolute Gasteiger partial charge is 0.493 e. The molecule has 26 heavy (non-hydrogen) atoms. The molecule has 1 unspecified atom stereocenters. The van der Waals surface area contributed by atoms with Gasteiger partial charge in [0.15, 0.2) is 17.5 Å². The van der Waals surface area contributed by atoms with Crippen molar-refractivity contribution in [2.24, 2.45) is 4.99 Å². The normalized spacial score (nSPS) is 16.7. The van der Waals surface area contributed by atoms with E-state index in [-0.39, 0.29) is 6.04 Å². The molecule has 144 valence electrons. The van der Waals surface area contributed by atoms with E-state index in [4.69, 9.17) is 14.2 Å². The standard InChI is InChI=1S/C19H30N4O3/c1-5-8-21-19(20-2)22-14-16(23-9-11-26-12-10-23)15-6-7-17(24-3)18(13-15)25-4/h5-7,13,16H,1,8-12,14H2,2-4H3,(H2,20,21,22). The van der Waals surface area contributed by atoms with E-state index in [2.05, 4.69) is 33.2 Å². The van der Waals surface area contributed by atoms with E-state index in [0.29, 0.717) is 13.1 Å². The Morgan fingerprint density at radius 1 is 1.27 bits per heavy atom. The van der Waals surface area contributed by atoms with Crippen LogP contribution in [0.1, 0.15) is 11.6 Å². The van der Waals surface area contributed by atoms with Gasteiger partial charge in [-0.3, -0.25) is 9.89 Å². The zero-order valence-corrected chi connectivity index (χ0v) is 16.0. The summed E-state index contributed by atoms with van der Waals surface area (Å²) in [6, 6.07) is 6.25. The van der Waals surface area contributed by atoms with E-state index in [1.165, 1.54) is 0 Å². The smallest absolute Gasteiger partial charge is 0.191 e. The first-order valence-electron chi connectivity index (χ1n) is 8.82. The van der Waals surface area contributed by atoms with E-state index >= 15 is 0 Å². The van der Waals surface area contributed by atoms with Gasteiger partial charge in [0.05, 0.1) is 33.5 Å². The highest BCUT2D eigenvalue weighted by Crippen LogP contribution is 2.32. The maximum Gasteiger partial charge on any atom is 0.191 e. The Kier molecular flexibility index (Phi) is 8.24. The zero-order chi connectivity index (χ0) is 18.8. The molecule has 1 aromatic rings. The molecule has 0 spiro atoms. The fourth-order valence-electron chi connectivity index (χ4n) is 2.99. The van der Waals surface area contributed by atoms with Crippen molar-refractivity contribution in [2.75, 3.05) is 60.7 Å². The van der Waals surface area contributed by atoms with Gasteiger partial charge < -0.3 is 24.8 Å². The van der Waals surface area contributed by atoms with Crippen molar-refractivity contribution < 1.29 is 14.2 Å². The molecule has 2 N–H and O–H groups in total. The van der Waals surface area contributed by atoms with E-state index in [9.17, 15) is 0 Å². The lowest BCUT2D eigenvalue weighted by atomic mass is 10.0. The number of nitrogens with one attached hydrogen (secondary N) is 2. The number of ether oxygens (including phenoxy) is 3. The van der Waals surface area contributed by atoms with Crippen LogP contribution in [0.5, 0.6) is 11.5 Å². The van der Waals surface area contributed by atoms with Crippen LogP contribution in [0, 0.1) is 0 Å². The summed E-state index contributed by atoms with van der Waals surface area (Å²) in [7, 11) is 5.07. The molecule has 1 fully saturated rings. The van der Waals surface area contributed by atoms with E-state index in [0.717, 1.165) is 49.3 Å². The van der Waals surface area contributed by atoms with Gasteiger partial charge in [-0.2, -0.15) is 0 Å². The van der Waals surface area contributed by atoms with E-state index in [1.54, 1.807) is 27.3 Å². The Morgan fingerprint density at radius 2 is 2.00 bits per heavy atom. The molecule has 1 aromatic carbocycles. The molecule has 1 saturated heterocycles. The summed E-state index contributed by atoms with van der Waals surface area (Å²) >= 11 is 0. The molecule has 7 nitrogen and oxygen atoms in total. The zero-order valence-electron chi connectivity index (χ0n) is 16.0. The Balaban J connectivity index is 2.19. The fraction of sp³-hybridized carbons (Fsp3) is 0.526. The second-order valence-corrected chi connectivity index (χ2v) is 5.90. The second kappa shape index (κ2) is 10.7.